The smallest absolute Gasteiger partial charge is 0.257 e. The Bertz CT molecular complexity index is 1060. The van der Waals surface area contributed by atoms with Gasteiger partial charge in [0, 0.05) is 81.9 Å². The molecule has 5 rings (SSSR count). The van der Waals surface area contributed by atoms with E-state index in [2.05, 4.69) is 9.29 Å². The van der Waals surface area contributed by atoms with Gasteiger partial charge in [0.15, 0.2) is 11.6 Å². The van der Waals surface area contributed by atoms with Gasteiger partial charge in [-0.15, -0.1) is 0 Å². The first-order valence-corrected chi connectivity index (χ1v) is 12.3. The van der Waals surface area contributed by atoms with Crippen molar-refractivity contribution in [2.45, 2.75) is 18.6 Å². The Morgan fingerprint density at radius 1 is 1.06 bits per heavy atom. The van der Waals surface area contributed by atoms with Crippen LogP contribution >= 0.6 is 12.1 Å². The van der Waals surface area contributed by atoms with Crippen LogP contribution in [0.3, 0.4) is 0 Å². The lowest BCUT2D eigenvalue weighted by Crippen LogP contribution is -2.48. The maximum Gasteiger partial charge on any atom is 0.257 e. The van der Waals surface area contributed by atoms with Crippen molar-refractivity contribution in [3.8, 4) is 0 Å². The number of hydrogen-bond acceptors (Lipinski definition) is 8. The monoisotopic (exact) mass is 493 g/mol. The summed E-state index contributed by atoms with van der Waals surface area (Å²) in [5.74, 6) is -2.19. The molecule has 2 aromatic rings. The second kappa shape index (κ2) is 9.54. The van der Waals surface area contributed by atoms with Crippen molar-refractivity contribution < 1.29 is 23.0 Å². The SMILES string of the molecule is CN(C)SN1CCN(C(=O)c2cnc3c(F)cc(F)cc3c2N2CCC3(CC2)OCCO3)CC1. The van der Waals surface area contributed by atoms with E-state index >= 15 is 0 Å². The van der Waals surface area contributed by atoms with Crippen LogP contribution in [0, 0.1) is 11.6 Å². The fourth-order valence-corrected chi connectivity index (χ4v) is 5.73. The van der Waals surface area contributed by atoms with Gasteiger partial charge in [-0.2, -0.15) is 0 Å². The second-order valence-electron chi connectivity index (χ2n) is 9.01. The Morgan fingerprint density at radius 3 is 2.38 bits per heavy atom. The highest BCUT2D eigenvalue weighted by Crippen LogP contribution is 2.38. The van der Waals surface area contributed by atoms with Gasteiger partial charge in [-0.05, 0) is 20.2 Å². The molecule has 0 aliphatic carbocycles. The number of aromatic nitrogens is 1. The average molecular weight is 494 g/mol. The number of anilines is 1. The van der Waals surface area contributed by atoms with Crippen molar-refractivity contribution in [1.29, 1.82) is 0 Å². The molecule has 1 spiro atoms. The summed E-state index contributed by atoms with van der Waals surface area (Å²) in [6.45, 7) is 4.82. The molecule has 0 saturated carbocycles. The minimum absolute atomic E-state index is 0.0637. The van der Waals surface area contributed by atoms with Gasteiger partial charge in [-0.25, -0.2) is 17.4 Å². The van der Waals surface area contributed by atoms with Crippen molar-refractivity contribution in [2.24, 2.45) is 0 Å². The topological polar surface area (TPSA) is 61.4 Å². The molecular formula is C23H29F2N5O3S. The van der Waals surface area contributed by atoms with E-state index in [0.29, 0.717) is 68.9 Å². The van der Waals surface area contributed by atoms with Crippen LogP contribution in [0.4, 0.5) is 14.5 Å². The van der Waals surface area contributed by atoms with Crippen LogP contribution < -0.4 is 4.90 Å². The van der Waals surface area contributed by atoms with E-state index in [1.807, 2.05) is 23.3 Å². The summed E-state index contributed by atoms with van der Waals surface area (Å²) in [6, 6.07) is 2.10. The standard InChI is InChI=1S/C23H29F2N5O3S/c1-27(2)34-30-9-7-29(8-10-30)22(31)18-15-26-20-17(13-16(24)14-19(20)25)21(18)28-5-3-23(4-6-28)32-11-12-33-23/h13-15H,3-12H2,1-2H3. The highest BCUT2D eigenvalue weighted by atomic mass is 32.2. The highest BCUT2D eigenvalue weighted by molar-refractivity contribution is 7.94. The molecule has 0 radical (unpaired) electrons. The summed E-state index contributed by atoms with van der Waals surface area (Å²) < 4.78 is 44.8. The van der Waals surface area contributed by atoms with Crippen LogP contribution in [0.25, 0.3) is 10.9 Å². The summed E-state index contributed by atoms with van der Waals surface area (Å²) in [5, 5.41) is 0.314. The van der Waals surface area contributed by atoms with E-state index in [1.54, 1.807) is 17.0 Å². The third kappa shape index (κ3) is 4.59. The van der Waals surface area contributed by atoms with E-state index < -0.39 is 17.4 Å². The van der Waals surface area contributed by atoms with E-state index in [1.165, 1.54) is 12.3 Å². The Morgan fingerprint density at radius 2 is 1.74 bits per heavy atom. The van der Waals surface area contributed by atoms with E-state index in [0.717, 1.165) is 19.2 Å². The third-order valence-electron chi connectivity index (χ3n) is 6.55. The molecule has 1 aromatic carbocycles. The molecule has 0 atom stereocenters. The van der Waals surface area contributed by atoms with Crippen LogP contribution in [0.1, 0.15) is 23.2 Å². The number of rotatable bonds is 4. The molecule has 1 aromatic heterocycles. The zero-order valence-corrected chi connectivity index (χ0v) is 20.2. The minimum Gasteiger partial charge on any atom is -0.370 e. The maximum atomic E-state index is 14.6. The van der Waals surface area contributed by atoms with E-state index in [-0.39, 0.29) is 11.4 Å². The molecule has 4 heterocycles. The van der Waals surface area contributed by atoms with Crippen LogP contribution in [0.5, 0.6) is 0 Å². The molecule has 3 aliphatic heterocycles. The fourth-order valence-electron chi connectivity index (χ4n) is 4.94. The number of piperidine rings is 1. The molecule has 3 aliphatic rings. The molecule has 1 amide bonds. The number of amides is 1. The second-order valence-corrected chi connectivity index (χ2v) is 10.4. The van der Waals surface area contributed by atoms with Gasteiger partial charge in [0.25, 0.3) is 5.91 Å². The zero-order valence-electron chi connectivity index (χ0n) is 19.4. The largest absolute Gasteiger partial charge is 0.370 e. The normalized spacial score (nSPS) is 21.2. The predicted octanol–water partition coefficient (Wildman–Crippen LogP) is 2.74. The van der Waals surface area contributed by atoms with Gasteiger partial charge in [0.2, 0.25) is 0 Å². The molecule has 0 bridgehead atoms. The van der Waals surface area contributed by atoms with E-state index in [9.17, 15) is 13.6 Å². The number of pyridine rings is 1. The zero-order chi connectivity index (χ0) is 23.9. The minimum atomic E-state index is -0.736. The summed E-state index contributed by atoms with van der Waals surface area (Å²) in [7, 11) is 3.97. The van der Waals surface area contributed by atoms with Gasteiger partial charge < -0.3 is 19.3 Å². The third-order valence-corrected chi connectivity index (χ3v) is 7.47. The molecule has 8 nitrogen and oxygen atoms in total. The molecule has 3 saturated heterocycles. The van der Waals surface area contributed by atoms with Gasteiger partial charge in [0.05, 0.1) is 24.5 Å². The van der Waals surface area contributed by atoms with Crippen molar-refractivity contribution in [3.05, 3.63) is 35.5 Å². The molecular weight excluding hydrogens is 464 g/mol. The molecule has 184 valence electrons. The number of halogens is 2. The van der Waals surface area contributed by atoms with Gasteiger partial charge in [-0.3, -0.25) is 9.78 Å². The quantitative estimate of drug-likeness (QED) is 0.603. The van der Waals surface area contributed by atoms with E-state index in [4.69, 9.17) is 9.47 Å². The number of carbonyl (C=O) groups is 1. The van der Waals surface area contributed by atoms with Gasteiger partial charge >= 0.3 is 0 Å². The van der Waals surface area contributed by atoms with Crippen molar-refractivity contribution >= 4 is 34.6 Å². The van der Waals surface area contributed by atoms with Crippen molar-refractivity contribution in [3.63, 3.8) is 0 Å². The summed E-state index contributed by atoms with van der Waals surface area (Å²) in [4.78, 5) is 21.7. The maximum absolute atomic E-state index is 14.6. The summed E-state index contributed by atoms with van der Waals surface area (Å²) >= 11 is 1.63. The van der Waals surface area contributed by atoms with Crippen LogP contribution in [0.15, 0.2) is 18.3 Å². The first-order chi connectivity index (χ1) is 16.3. The summed E-state index contributed by atoms with van der Waals surface area (Å²) in [6.07, 6.45) is 2.67. The number of hydrogen-bond donors (Lipinski definition) is 0. The predicted molar refractivity (Wildman–Crippen MR) is 126 cm³/mol. The Hall–Kier alpha value is -2.05. The Labute approximate surface area is 202 Å². The molecule has 11 heteroatoms. The number of ether oxygens (including phenoxy) is 2. The number of piperazine rings is 1. The number of benzene rings is 1. The fraction of sp³-hybridized carbons (Fsp3) is 0.565. The molecule has 0 unspecified atom stereocenters. The molecule has 0 N–H and O–H groups in total. The Balaban J connectivity index is 1.46. The number of fused-ring (bicyclic) bond motifs is 1. The lowest BCUT2D eigenvalue weighted by molar-refractivity contribution is -0.169. The Kier molecular flexibility index (Phi) is 6.64. The average Bonchev–Trinajstić information content (AvgIpc) is 3.26. The highest BCUT2D eigenvalue weighted by Gasteiger charge is 2.41. The van der Waals surface area contributed by atoms with Crippen LogP contribution in [-0.4, -0.2) is 96.8 Å². The summed E-state index contributed by atoms with van der Waals surface area (Å²) in [5.41, 5.74) is 0.968. The van der Waals surface area contributed by atoms with Crippen LogP contribution in [0.2, 0.25) is 0 Å². The first-order valence-electron chi connectivity index (χ1n) is 11.6. The van der Waals surface area contributed by atoms with Gasteiger partial charge in [0.1, 0.15) is 11.3 Å². The molecule has 34 heavy (non-hydrogen) atoms. The number of carbonyl (C=O) groups excluding carboxylic acids is 1. The number of nitrogens with zero attached hydrogens (tertiary/aromatic N) is 5. The van der Waals surface area contributed by atoms with Crippen LogP contribution in [-0.2, 0) is 9.47 Å². The van der Waals surface area contributed by atoms with Crippen molar-refractivity contribution in [2.75, 3.05) is 71.5 Å². The molecule has 3 fully saturated rings. The van der Waals surface area contributed by atoms with Gasteiger partial charge in [-0.1, -0.05) is 0 Å². The lowest BCUT2D eigenvalue weighted by atomic mass is 9.99. The lowest BCUT2D eigenvalue weighted by Gasteiger charge is -2.40. The first kappa shape index (κ1) is 23.7. The van der Waals surface area contributed by atoms with Crippen molar-refractivity contribution in [1.82, 2.24) is 18.5 Å².